The maximum Gasteiger partial charge on any atom is 0.341 e. The summed E-state index contributed by atoms with van der Waals surface area (Å²) in [6, 6.07) is 3.84. The van der Waals surface area contributed by atoms with Crippen molar-refractivity contribution >= 4 is 21.7 Å². The number of carbonyl (C=O) groups is 2. The second kappa shape index (κ2) is 6.39. The number of hydrogen-bond donors (Lipinski definition) is 2. The second-order valence-electron chi connectivity index (χ2n) is 4.77. The maximum atomic E-state index is 12.4. The van der Waals surface area contributed by atoms with Crippen LogP contribution in [0.25, 0.3) is 0 Å². The van der Waals surface area contributed by atoms with Crippen LogP contribution in [-0.4, -0.2) is 36.7 Å². The third kappa shape index (κ3) is 3.59. The van der Waals surface area contributed by atoms with Gasteiger partial charge in [0.15, 0.2) is 0 Å². The SMILES string of the molecule is CCC(C)(NC(=O)c1ccc(S(=O)(=O)C(F)F)cc1)C(=O)O. The molecule has 0 radical (unpaired) electrons. The summed E-state index contributed by atoms with van der Waals surface area (Å²) in [5.41, 5.74) is -1.51. The number of hydrogen-bond acceptors (Lipinski definition) is 4. The monoisotopic (exact) mass is 335 g/mol. The molecule has 0 heterocycles. The van der Waals surface area contributed by atoms with Crippen LogP contribution in [0.15, 0.2) is 29.2 Å². The molecule has 1 aromatic rings. The number of alkyl halides is 2. The Labute approximate surface area is 126 Å². The molecule has 9 heteroatoms. The predicted molar refractivity (Wildman–Crippen MR) is 73.4 cm³/mol. The molecule has 22 heavy (non-hydrogen) atoms. The normalized spacial score (nSPS) is 14.4. The first-order valence-corrected chi connectivity index (χ1v) is 7.77. The van der Waals surface area contributed by atoms with Crippen molar-refractivity contribution in [2.24, 2.45) is 0 Å². The third-order valence-electron chi connectivity index (χ3n) is 3.25. The Hall–Kier alpha value is -2.03. The van der Waals surface area contributed by atoms with Gasteiger partial charge in [-0.2, -0.15) is 8.78 Å². The lowest BCUT2D eigenvalue weighted by Gasteiger charge is -2.24. The lowest BCUT2D eigenvalue weighted by atomic mass is 9.98. The first-order valence-electron chi connectivity index (χ1n) is 6.22. The van der Waals surface area contributed by atoms with Crippen molar-refractivity contribution in [2.75, 3.05) is 0 Å². The van der Waals surface area contributed by atoms with Crippen LogP contribution >= 0.6 is 0 Å². The van der Waals surface area contributed by atoms with E-state index in [4.69, 9.17) is 5.11 Å². The van der Waals surface area contributed by atoms with Crippen LogP contribution < -0.4 is 5.32 Å². The van der Waals surface area contributed by atoms with Crippen LogP contribution in [0.5, 0.6) is 0 Å². The van der Waals surface area contributed by atoms with Gasteiger partial charge in [-0.15, -0.1) is 0 Å². The van der Waals surface area contributed by atoms with Gasteiger partial charge >= 0.3 is 11.7 Å². The Kier molecular flexibility index (Phi) is 5.23. The first-order chi connectivity index (χ1) is 10.0. The highest BCUT2D eigenvalue weighted by Crippen LogP contribution is 2.19. The highest BCUT2D eigenvalue weighted by molar-refractivity contribution is 7.91. The number of benzene rings is 1. The van der Waals surface area contributed by atoms with Gasteiger partial charge in [-0.1, -0.05) is 6.92 Å². The van der Waals surface area contributed by atoms with Crippen molar-refractivity contribution in [3.63, 3.8) is 0 Å². The van der Waals surface area contributed by atoms with Crippen molar-refractivity contribution < 1.29 is 31.9 Å². The van der Waals surface area contributed by atoms with Gasteiger partial charge in [0, 0.05) is 5.56 Å². The fraction of sp³-hybridized carbons (Fsp3) is 0.385. The Bertz CT molecular complexity index is 672. The molecule has 0 aromatic heterocycles. The molecular formula is C13H15F2NO5S. The van der Waals surface area contributed by atoms with Crippen LogP contribution in [0.3, 0.4) is 0 Å². The molecular weight excluding hydrogens is 320 g/mol. The molecule has 0 aliphatic carbocycles. The molecule has 1 unspecified atom stereocenters. The molecule has 0 spiro atoms. The summed E-state index contributed by atoms with van der Waals surface area (Å²) < 4.78 is 47.3. The fourth-order valence-electron chi connectivity index (χ4n) is 1.51. The van der Waals surface area contributed by atoms with E-state index < -0.39 is 37.9 Å². The average Bonchev–Trinajstić information content (AvgIpc) is 2.46. The predicted octanol–water partition coefficient (Wildman–Crippen LogP) is 1.67. The van der Waals surface area contributed by atoms with Crippen molar-refractivity contribution in [2.45, 2.75) is 36.5 Å². The van der Waals surface area contributed by atoms with Gasteiger partial charge in [-0.3, -0.25) is 4.79 Å². The average molecular weight is 335 g/mol. The summed E-state index contributed by atoms with van der Waals surface area (Å²) in [4.78, 5) is 22.4. The van der Waals surface area contributed by atoms with Crippen molar-refractivity contribution in [3.8, 4) is 0 Å². The van der Waals surface area contributed by atoms with Gasteiger partial charge in [0.1, 0.15) is 5.54 Å². The van der Waals surface area contributed by atoms with E-state index in [1.165, 1.54) is 6.92 Å². The lowest BCUT2D eigenvalue weighted by Crippen LogP contribution is -2.51. The minimum atomic E-state index is -4.73. The number of aliphatic carboxylic acids is 1. The molecule has 2 N–H and O–H groups in total. The minimum absolute atomic E-state index is 0.0332. The van der Waals surface area contributed by atoms with Crippen LogP contribution in [-0.2, 0) is 14.6 Å². The highest BCUT2D eigenvalue weighted by atomic mass is 32.2. The summed E-state index contributed by atoms with van der Waals surface area (Å²) in [7, 11) is -4.73. The molecule has 6 nitrogen and oxygen atoms in total. The van der Waals surface area contributed by atoms with E-state index in [-0.39, 0.29) is 12.0 Å². The molecule has 0 saturated carbocycles. The van der Waals surface area contributed by atoms with Crippen molar-refractivity contribution in [1.29, 1.82) is 0 Å². The number of carboxylic acid groups (broad SMARTS) is 1. The molecule has 1 amide bonds. The number of carbonyl (C=O) groups excluding carboxylic acids is 1. The van der Waals surface area contributed by atoms with Gasteiger partial charge in [-0.25, -0.2) is 13.2 Å². The van der Waals surface area contributed by atoms with Crippen LogP contribution in [0.2, 0.25) is 0 Å². The molecule has 0 aliphatic rings. The Morgan fingerprint density at radius 1 is 1.27 bits per heavy atom. The molecule has 1 aromatic carbocycles. The first kappa shape index (κ1) is 18.0. The van der Waals surface area contributed by atoms with Gasteiger partial charge in [-0.05, 0) is 37.6 Å². The largest absolute Gasteiger partial charge is 0.480 e. The van der Waals surface area contributed by atoms with Gasteiger partial charge in [0.05, 0.1) is 4.90 Å². The van der Waals surface area contributed by atoms with Crippen LogP contribution in [0.4, 0.5) is 8.78 Å². The standard InChI is InChI=1S/C13H15F2NO5S/c1-3-13(2,11(18)19)16-10(17)8-4-6-9(7-5-8)22(20,21)12(14)15/h4-7,12H,3H2,1-2H3,(H,16,17)(H,18,19). The summed E-state index contributed by atoms with van der Waals surface area (Å²) in [5.74, 6) is -5.52. The molecule has 1 rings (SSSR count). The summed E-state index contributed by atoms with van der Waals surface area (Å²) in [5, 5.41) is 11.4. The zero-order chi connectivity index (χ0) is 17.1. The number of rotatable bonds is 6. The lowest BCUT2D eigenvalue weighted by molar-refractivity contribution is -0.143. The number of nitrogens with one attached hydrogen (secondary N) is 1. The number of halogens is 2. The number of sulfone groups is 1. The van der Waals surface area contributed by atoms with Crippen LogP contribution in [0.1, 0.15) is 30.6 Å². The van der Waals surface area contributed by atoms with Crippen molar-refractivity contribution in [3.05, 3.63) is 29.8 Å². The van der Waals surface area contributed by atoms with E-state index in [2.05, 4.69) is 5.32 Å². The van der Waals surface area contributed by atoms with Crippen molar-refractivity contribution in [1.82, 2.24) is 5.32 Å². The van der Waals surface area contributed by atoms with E-state index in [0.717, 1.165) is 24.3 Å². The summed E-state index contributed by atoms with van der Waals surface area (Å²) in [6.07, 6.45) is 0.131. The van der Waals surface area contributed by atoms with E-state index in [9.17, 15) is 26.8 Å². The topological polar surface area (TPSA) is 101 Å². The maximum absolute atomic E-state index is 12.4. The molecule has 122 valence electrons. The minimum Gasteiger partial charge on any atom is -0.480 e. The van der Waals surface area contributed by atoms with Gasteiger partial charge < -0.3 is 10.4 Å². The van der Waals surface area contributed by atoms with E-state index in [0.29, 0.717) is 0 Å². The molecule has 0 fully saturated rings. The number of amides is 1. The molecule has 0 bridgehead atoms. The Morgan fingerprint density at radius 2 is 1.77 bits per heavy atom. The van der Waals surface area contributed by atoms with Crippen LogP contribution in [0, 0.1) is 0 Å². The quantitative estimate of drug-likeness (QED) is 0.823. The molecule has 0 aliphatic heterocycles. The zero-order valence-corrected chi connectivity index (χ0v) is 12.7. The van der Waals surface area contributed by atoms with E-state index in [1.807, 2.05) is 0 Å². The van der Waals surface area contributed by atoms with Gasteiger partial charge in [0.25, 0.3) is 5.91 Å². The second-order valence-corrected chi connectivity index (χ2v) is 6.69. The van der Waals surface area contributed by atoms with Gasteiger partial charge in [0.2, 0.25) is 9.84 Å². The third-order valence-corrected chi connectivity index (χ3v) is 4.65. The van der Waals surface area contributed by atoms with E-state index in [1.54, 1.807) is 6.92 Å². The highest BCUT2D eigenvalue weighted by Gasteiger charge is 2.33. The zero-order valence-electron chi connectivity index (χ0n) is 11.8. The molecule has 1 atom stereocenters. The summed E-state index contributed by atoms with van der Waals surface area (Å²) >= 11 is 0. The fourth-order valence-corrected chi connectivity index (χ4v) is 2.24. The number of carboxylic acids is 1. The van der Waals surface area contributed by atoms with E-state index >= 15 is 0 Å². The Morgan fingerprint density at radius 3 is 2.14 bits per heavy atom. The summed E-state index contributed by atoms with van der Waals surface area (Å²) in [6.45, 7) is 2.90. The molecule has 0 saturated heterocycles. The Balaban J connectivity index is 3.01. The smallest absolute Gasteiger partial charge is 0.341 e.